The Bertz CT molecular complexity index is 385. The van der Waals surface area contributed by atoms with E-state index in [1.807, 2.05) is 4.72 Å². The van der Waals surface area contributed by atoms with Crippen molar-refractivity contribution < 1.29 is 27.9 Å². The minimum Gasteiger partial charge on any atom is -0.480 e. The fourth-order valence-electron chi connectivity index (χ4n) is 1.23. The van der Waals surface area contributed by atoms with Crippen LogP contribution in [0.25, 0.3) is 0 Å². The number of rotatable bonds is 6. The van der Waals surface area contributed by atoms with Crippen LogP contribution in [0.5, 0.6) is 0 Å². The van der Waals surface area contributed by atoms with Crippen LogP contribution in [0.2, 0.25) is 0 Å². The van der Waals surface area contributed by atoms with Gasteiger partial charge in [0, 0.05) is 0 Å². The number of ether oxygens (including phenoxy) is 1. The second kappa shape index (κ2) is 4.79. The molecule has 0 radical (unpaired) electrons. The zero-order valence-electron chi connectivity index (χ0n) is 8.67. The largest absolute Gasteiger partial charge is 0.480 e. The minimum absolute atomic E-state index is 0.176. The van der Waals surface area contributed by atoms with E-state index in [1.165, 1.54) is 0 Å². The van der Waals surface area contributed by atoms with Crippen LogP contribution >= 0.6 is 0 Å². The Labute approximate surface area is 92.8 Å². The zero-order valence-corrected chi connectivity index (χ0v) is 9.49. The number of methoxy groups -OCH3 is 1. The third kappa shape index (κ3) is 3.78. The van der Waals surface area contributed by atoms with Crippen LogP contribution < -0.4 is 4.72 Å². The van der Waals surface area contributed by atoms with Gasteiger partial charge in [0.25, 0.3) is 0 Å². The van der Waals surface area contributed by atoms with Gasteiger partial charge in [-0.05, 0) is 18.8 Å². The van der Waals surface area contributed by atoms with Gasteiger partial charge in [0.15, 0.2) is 5.75 Å². The number of sulfonamides is 1. The number of carbonyl (C=O) groups is 2. The van der Waals surface area contributed by atoms with Gasteiger partial charge >= 0.3 is 11.9 Å². The first kappa shape index (κ1) is 12.9. The molecule has 1 aliphatic rings. The van der Waals surface area contributed by atoms with Crippen molar-refractivity contribution in [2.45, 2.75) is 18.9 Å². The normalized spacial score (nSPS) is 17.8. The number of carboxylic acid groups (broad SMARTS) is 1. The highest BCUT2D eigenvalue weighted by molar-refractivity contribution is 7.90. The molecule has 0 aromatic heterocycles. The van der Waals surface area contributed by atoms with Crippen LogP contribution in [-0.4, -0.2) is 44.4 Å². The highest BCUT2D eigenvalue weighted by atomic mass is 32.2. The minimum atomic E-state index is -3.95. The highest BCUT2D eigenvalue weighted by Crippen LogP contribution is 2.33. The van der Waals surface area contributed by atoms with Crippen molar-refractivity contribution in [3.8, 4) is 0 Å². The topological polar surface area (TPSA) is 110 Å². The first-order valence-electron chi connectivity index (χ1n) is 4.65. The number of hydrogen-bond donors (Lipinski definition) is 2. The van der Waals surface area contributed by atoms with E-state index in [-0.39, 0.29) is 5.92 Å². The molecule has 1 aliphatic carbocycles. The first-order chi connectivity index (χ1) is 7.35. The van der Waals surface area contributed by atoms with E-state index in [9.17, 15) is 18.0 Å². The Morgan fingerprint density at radius 1 is 1.50 bits per heavy atom. The quantitative estimate of drug-likeness (QED) is 0.582. The van der Waals surface area contributed by atoms with Crippen LogP contribution in [0.4, 0.5) is 0 Å². The summed E-state index contributed by atoms with van der Waals surface area (Å²) >= 11 is 0. The molecule has 0 saturated heterocycles. The predicted octanol–water partition coefficient (Wildman–Crippen LogP) is -1.06. The number of hydrogen-bond acceptors (Lipinski definition) is 5. The molecule has 0 aliphatic heterocycles. The lowest BCUT2D eigenvalue weighted by molar-refractivity contribution is -0.140. The van der Waals surface area contributed by atoms with Crippen molar-refractivity contribution in [1.29, 1.82) is 0 Å². The maximum Gasteiger partial charge on any atom is 0.322 e. The number of carboxylic acids is 1. The smallest absolute Gasteiger partial charge is 0.322 e. The van der Waals surface area contributed by atoms with Gasteiger partial charge in [-0.1, -0.05) is 0 Å². The third-order valence-electron chi connectivity index (χ3n) is 2.20. The summed E-state index contributed by atoms with van der Waals surface area (Å²) in [5, 5.41) is 8.80. The molecule has 0 amide bonds. The van der Waals surface area contributed by atoms with Crippen LogP contribution in [0.3, 0.4) is 0 Å². The van der Waals surface area contributed by atoms with Crippen LogP contribution in [0.1, 0.15) is 12.8 Å². The van der Waals surface area contributed by atoms with Gasteiger partial charge in [0.2, 0.25) is 10.0 Å². The zero-order chi connectivity index (χ0) is 12.3. The van der Waals surface area contributed by atoms with Gasteiger partial charge < -0.3 is 9.84 Å². The summed E-state index contributed by atoms with van der Waals surface area (Å²) in [6.07, 6.45) is 1.36. The predicted molar refractivity (Wildman–Crippen MR) is 53.1 cm³/mol. The third-order valence-corrected chi connectivity index (χ3v) is 3.43. The standard InChI is InChI=1S/C8H13NO6S/c1-15-6(10)4-16(13,14)9-7(8(11)12)5-2-3-5/h5,7,9H,2-4H2,1H3,(H,11,12). The van der Waals surface area contributed by atoms with E-state index in [4.69, 9.17) is 5.11 Å². The molecule has 0 bridgehead atoms. The Balaban J connectivity index is 2.62. The summed E-state index contributed by atoms with van der Waals surface area (Å²) in [5.41, 5.74) is 0. The number of esters is 1. The van der Waals surface area contributed by atoms with Crippen molar-refractivity contribution in [1.82, 2.24) is 4.72 Å². The molecule has 0 heterocycles. The maximum absolute atomic E-state index is 11.4. The summed E-state index contributed by atoms with van der Waals surface area (Å²) in [6.45, 7) is 0. The molecular weight excluding hydrogens is 238 g/mol. The molecule has 0 spiro atoms. The van der Waals surface area contributed by atoms with E-state index >= 15 is 0 Å². The molecule has 1 unspecified atom stereocenters. The van der Waals surface area contributed by atoms with Crippen molar-refractivity contribution in [3.05, 3.63) is 0 Å². The summed E-state index contributed by atoms with van der Waals surface area (Å²) in [7, 11) is -2.88. The molecule has 92 valence electrons. The number of carbonyl (C=O) groups excluding carboxylic acids is 1. The molecule has 16 heavy (non-hydrogen) atoms. The van der Waals surface area contributed by atoms with Crippen molar-refractivity contribution in [2.75, 3.05) is 12.9 Å². The number of nitrogens with one attached hydrogen (secondary N) is 1. The molecule has 8 heteroatoms. The molecule has 0 aromatic carbocycles. The Kier molecular flexibility index (Phi) is 3.87. The second-order valence-corrected chi connectivity index (χ2v) is 5.36. The summed E-state index contributed by atoms with van der Waals surface area (Å²) < 4.78 is 28.9. The average Bonchev–Trinajstić information content (AvgIpc) is 2.96. The maximum atomic E-state index is 11.4. The summed E-state index contributed by atoms with van der Waals surface area (Å²) in [4.78, 5) is 21.5. The Morgan fingerprint density at radius 2 is 2.06 bits per heavy atom. The van der Waals surface area contributed by atoms with E-state index in [0.29, 0.717) is 12.8 Å². The van der Waals surface area contributed by atoms with Gasteiger partial charge in [-0.25, -0.2) is 13.1 Å². The molecule has 1 rings (SSSR count). The van der Waals surface area contributed by atoms with Gasteiger partial charge in [0.05, 0.1) is 7.11 Å². The highest BCUT2D eigenvalue weighted by Gasteiger charge is 2.39. The van der Waals surface area contributed by atoms with Crippen molar-refractivity contribution >= 4 is 22.0 Å². The molecule has 0 aromatic rings. The van der Waals surface area contributed by atoms with E-state index in [0.717, 1.165) is 7.11 Å². The second-order valence-electron chi connectivity index (χ2n) is 3.61. The van der Waals surface area contributed by atoms with Gasteiger partial charge in [-0.3, -0.25) is 9.59 Å². The average molecular weight is 251 g/mol. The number of aliphatic carboxylic acids is 1. The molecule has 1 fully saturated rings. The summed E-state index contributed by atoms with van der Waals surface area (Å²) in [5.74, 6) is -3.19. The molecular formula is C8H13NO6S. The fourth-order valence-corrected chi connectivity index (χ4v) is 2.42. The van der Waals surface area contributed by atoms with E-state index in [1.54, 1.807) is 0 Å². The van der Waals surface area contributed by atoms with Crippen molar-refractivity contribution in [2.24, 2.45) is 5.92 Å². The molecule has 1 atom stereocenters. The summed E-state index contributed by atoms with van der Waals surface area (Å²) in [6, 6.07) is -1.14. The molecule has 2 N–H and O–H groups in total. The Hall–Kier alpha value is -1.15. The lowest BCUT2D eigenvalue weighted by Crippen LogP contribution is -2.44. The Morgan fingerprint density at radius 3 is 2.44 bits per heavy atom. The van der Waals surface area contributed by atoms with Gasteiger partial charge in [0.1, 0.15) is 6.04 Å². The monoisotopic (exact) mass is 251 g/mol. The lowest BCUT2D eigenvalue weighted by atomic mass is 10.2. The molecule has 1 saturated carbocycles. The first-order valence-corrected chi connectivity index (χ1v) is 6.30. The van der Waals surface area contributed by atoms with Crippen LogP contribution in [-0.2, 0) is 24.3 Å². The SMILES string of the molecule is COC(=O)CS(=O)(=O)NC(C(=O)O)C1CC1. The fraction of sp³-hybridized carbons (Fsp3) is 0.750. The van der Waals surface area contributed by atoms with Gasteiger partial charge in [-0.15, -0.1) is 0 Å². The lowest BCUT2D eigenvalue weighted by Gasteiger charge is -2.12. The van der Waals surface area contributed by atoms with E-state index < -0.39 is 33.8 Å². The van der Waals surface area contributed by atoms with Crippen LogP contribution in [0.15, 0.2) is 0 Å². The van der Waals surface area contributed by atoms with Crippen molar-refractivity contribution in [3.63, 3.8) is 0 Å². The van der Waals surface area contributed by atoms with E-state index in [2.05, 4.69) is 4.74 Å². The van der Waals surface area contributed by atoms with Gasteiger partial charge in [-0.2, -0.15) is 0 Å². The van der Waals surface area contributed by atoms with Crippen LogP contribution in [0, 0.1) is 5.92 Å². The molecule has 7 nitrogen and oxygen atoms in total.